The lowest BCUT2D eigenvalue weighted by Crippen LogP contribution is -2.30. The second kappa shape index (κ2) is 5.02. The van der Waals surface area contributed by atoms with Gasteiger partial charge in [-0.1, -0.05) is 35.5 Å². The third-order valence-electron chi connectivity index (χ3n) is 4.28. The molecule has 1 unspecified atom stereocenters. The van der Waals surface area contributed by atoms with Crippen LogP contribution in [0.1, 0.15) is 59.5 Å². The first-order valence-corrected chi connectivity index (χ1v) is 7.63. The third-order valence-corrected chi connectivity index (χ3v) is 4.28. The summed E-state index contributed by atoms with van der Waals surface area (Å²) < 4.78 is 5.26. The van der Waals surface area contributed by atoms with Crippen molar-refractivity contribution in [3.05, 3.63) is 53.4 Å². The molecule has 2 fully saturated rings. The van der Waals surface area contributed by atoms with E-state index in [1.165, 1.54) is 18.4 Å². The van der Waals surface area contributed by atoms with Gasteiger partial charge in [0.15, 0.2) is 5.69 Å². The van der Waals surface area contributed by atoms with Gasteiger partial charge in [0.1, 0.15) is 5.76 Å². The van der Waals surface area contributed by atoms with Crippen molar-refractivity contribution in [3.8, 4) is 0 Å². The summed E-state index contributed by atoms with van der Waals surface area (Å²) in [5, 5.41) is 7.04. The molecule has 21 heavy (non-hydrogen) atoms. The Bertz CT molecular complexity index is 642. The average molecular weight is 282 g/mol. The van der Waals surface area contributed by atoms with Crippen LogP contribution < -0.4 is 5.32 Å². The van der Waals surface area contributed by atoms with Gasteiger partial charge in [-0.05, 0) is 37.2 Å². The first-order chi connectivity index (χ1) is 10.3. The molecule has 0 spiro atoms. The van der Waals surface area contributed by atoms with Gasteiger partial charge in [0, 0.05) is 12.0 Å². The number of rotatable bonds is 5. The number of nitrogens with zero attached hydrogens (tertiary/aromatic N) is 1. The molecule has 2 aliphatic carbocycles. The number of carbonyl (C=O) groups is 1. The van der Waals surface area contributed by atoms with Crippen LogP contribution in [0.25, 0.3) is 0 Å². The highest BCUT2D eigenvalue weighted by molar-refractivity contribution is 5.92. The van der Waals surface area contributed by atoms with Crippen molar-refractivity contribution in [2.75, 3.05) is 0 Å². The molecule has 1 aromatic heterocycles. The fraction of sp³-hybridized carbons (Fsp3) is 0.412. The predicted octanol–water partition coefficient (Wildman–Crippen LogP) is 3.43. The molecule has 1 amide bonds. The van der Waals surface area contributed by atoms with E-state index >= 15 is 0 Å². The van der Waals surface area contributed by atoms with Crippen LogP contribution in [0.15, 0.2) is 40.9 Å². The summed E-state index contributed by atoms with van der Waals surface area (Å²) in [6, 6.07) is 12.0. The number of carbonyl (C=O) groups excluding carboxylic acids is 1. The quantitative estimate of drug-likeness (QED) is 0.914. The second-order valence-electron chi connectivity index (χ2n) is 6.09. The smallest absolute Gasteiger partial charge is 0.273 e. The van der Waals surface area contributed by atoms with E-state index in [1.54, 1.807) is 6.07 Å². The van der Waals surface area contributed by atoms with Crippen molar-refractivity contribution in [2.45, 2.75) is 37.6 Å². The standard InChI is InChI=1S/C17H18N2O2/c20-17(14-10-15(21-19-14)11-6-7-11)18-16(13-8-9-13)12-4-2-1-3-5-12/h1-5,10-11,13,16H,6-9H2,(H,18,20). The molecule has 1 atom stereocenters. The zero-order valence-corrected chi connectivity index (χ0v) is 11.8. The first kappa shape index (κ1) is 12.6. The van der Waals surface area contributed by atoms with Gasteiger partial charge in [-0.15, -0.1) is 0 Å². The summed E-state index contributed by atoms with van der Waals surface area (Å²) >= 11 is 0. The Kier molecular flexibility index (Phi) is 3.02. The zero-order chi connectivity index (χ0) is 14.2. The van der Waals surface area contributed by atoms with Crippen molar-refractivity contribution in [2.24, 2.45) is 5.92 Å². The van der Waals surface area contributed by atoms with E-state index < -0.39 is 0 Å². The lowest BCUT2D eigenvalue weighted by molar-refractivity contribution is 0.0922. The van der Waals surface area contributed by atoms with Crippen LogP contribution in [0.5, 0.6) is 0 Å². The molecule has 108 valence electrons. The lowest BCUT2D eigenvalue weighted by Gasteiger charge is -2.17. The highest BCUT2D eigenvalue weighted by Gasteiger charge is 2.34. The fourth-order valence-corrected chi connectivity index (χ4v) is 2.74. The summed E-state index contributed by atoms with van der Waals surface area (Å²) in [5.41, 5.74) is 1.57. The minimum atomic E-state index is -0.133. The average Bonchev–Trinajstić information content (AvgIpc) is 3.44. The molecule has 2 aromatic rings. The van der Waals surface area contributed by atoms with Gasteiger partial charge in [-0.3, -0.25) is 4.79 Å². The van der Waals surface area contributed by atoms with Gasteiger partial charge in [0.2, 0.25) is 0 Å². The van der Waals surface area contributed by atoms with Crippen molar-refractivity contribution in [1.29, 1.82) is 0 Å². The monoisotopic (exact) mass is 282 g/mol. The number of hydrogen-bond donors (Lipinski definition) is 1. The van der Waals surface area contributed by atoms with Crippen molar-refractivity contribution in [1.82, 2.24) is 10.5 Å². The van der Waals surface area contributed by atoms with E-state index in [4.69, 9.17) is 4.52 Å². The number of aromatic nitrogens is 1. The van der Waals surface area contributed by atoms with E-state index in [9.17, 15) is 4.79 Å². The molecule has 2 aliphatic rings. The number of nitrogens with one attached hydrogen (secondary N) is 1. The Morgan fingerprint density at radius 2 is 1.95 bits per heavy atom. The molecule has 0 bridgehead atoms. The maximum atomic E-state index is 12.4. The molecular weight excluding hydrogens is 264 g/mol. The van der Waals surface area contributed by atoms with Gasteiger partial charge >= 0.3 is 0 Å². The molecule has 4 nitrogen and oxygen atoms in total. The van der Waals surface area contributed by atoms with Gasteiger partial charge in [-0.25, -0.2) is 0 Å². The van der Waals surface area contributed by atoms with Crippen molar-refractivity contribution in [3.63, 3.8) is 0 Å². The van der Waals surface area contributed by atoms with Crippen LogP contribution in [0.2, 0.25) is 0 Å². The molecule has 1 aromatic carbocycles. The van der Waals surface area contributed by atoms with Gasteiger partial charge in [0.05, 0.1) is 6.04 Å². The first-order valence-electron chi connectivity index (χ1n) is 7.63. The summed E-state index contributed by atoms with van der Waals surface area (Å²) in [7, 11) is 0. The van der Waals surface area contributed by atoms with E-state index in [1.807, 2.05) is 18.2 Å². The molecule has 1 heterocycles. The Morgan fingerprint density at radius 3 is 2.62 bits per heavy atom. The number of amides is 1. The summed E-state index contributed by atoms with van der Waals surface area (Å²) in [6.07, 6.45) is 4.63. The van der Waals surface area contributed by atoms with Gasteiger partial charge < -0.3 is 9.84 Å². The molecule has 0 saturated heterocycles. The van der Waals surface area contributed by atoms with Crippen LogP contribution in [-0.2, 0) is 0 Å². The van der Waals surface area contributed by atoms with E-state index in [0.717, 1.165) is 18.6 Å². The van der Waals surface area contributed by atoms with Gasteiger partial charge in [-0.2, -0.15) is 0 Å². The summed E-state index contributed by atoms with van der Waals surface area (Å²) in [6.45, 7) is 0. The summed E-state index contributed by atoms with van der Waals surface area (Å²) in [4.78, 5) is 12.4. The number of benzene rings is 1. The Labute approximate surface area is 123 Å². The van der Waals surface area contributed by atoms with Crippen molar-refractivity contribution < 1.29 is 9.32 Å². The Hall–Kier alpha value is -2.10. The summed E-state index contributed by atoms with van der Waals surface area (Å²) in [5.74, 6) is 1.74. The normalized spacial score (nSPS) is 19.2. The molecule has 4 heteroatoms. The highest BCUT2D eigenvalue weighted by atomic mass is 16.5. The molecule has 2 saturated carbocycles. The SMILES string of the molecule is O=C(NC(c1ccccc1)C1CC1)c1cc(C2CC2)on1. The Balaban J connectivity index is 1.50. The van der Waals surface area contributed by atoms with E-state index in [0.29, 0.717) is 17.5 Å². The Morgan fingerprint density at radius 1 is 1.19 bits per heavy atom. The zero-order valence-electron chi connectivity index (χ0n) is 11.8. The van der Waals surface area contributed by atoms with Gasteiger partial charge in [0.25, 0.3) is 5.91 Å². The van der Waals surface area contributed by atoms with E-state index in [-0.39, 0.29) is 11.9 Å². The van der Waals surface area contributed by atoms with Crippen LogP contribution in [-0.4, -0.2) is 11.1 Å². The maximum Gasteiger partial charge on any atom is 0.273 e. The fourth-order valence-electron chi connectivity index (χ4n) is 2.74. The largest absolute Gasteiger partial charge is 0.360 e. The highest BCUT2D eigenvalue weighted by Crippen LogP contribution is 2.42. The van der Waals surface area contributed by atoms with Crippen LogP contribution in [0.4, 0.5) is 0 Å². The third kappa shape index (κ3) is 2.71. The van der Waals surface area contributed by atoms with Crippen LogP contribution in [0.3, 0.4) is 0 Å². The topological polar surface area (TPSA) is 55.1 Å². The minimum Gasteiger partial charge on any atom is -0.360 e. The van der Waals surface area contributed by atoms with Crippen molar-refractivity contribution >= 4 is 5.91 Å². The maximum absolute atomic E-state index is 12.4. The molecule has 0 aliphatic heterocycles. The number of hydrogen-bond acceptors (Lipinski definition) is 3. The minimum absolute atomic E-state index is 0.0831. The van der Waals surface area contributed by atoms with Crippen LogP contribution >= 0.6 is 0 Å². The molecule has 0 radical (unpaired) electrons. The molecule has 1 N–H and O–H groups in total. The van der Waals surface area contributed by atoms with E-state index in [2.05, 4.69) is 22.6 Å². The second-order valence-corrected chi connectivity index (χ2v) is 6.09. The lowest BCUT2D eigenvalue weighted by atomic mass is 10.0. The predicted molar refractivity (Wildman–Crippen MR) is 77.9 cm³/mol. The van der Waals surface area contributed by atoms with Crippen LogP contribution in [0, 0.1) is 5.92 Å². The molecular formula is C17H18N2O2. The molecule has 4 rings (SSSR count).